The van der Waals surface area contributed by atoms with Crippen molar-refractivity contribution in [3.63, 3.8) is 0 Å². The van der Waals surface area contributed by atoms with Crippen LogP contribution in [0, 0.1) is 5.92 Å². The molecule has 3 heterocycles. The molecule has 2 amide bonds. The Morgan fingerprint density at radius 3 is 2.40 bits per heavy atom. The quantitative estimate of drug-likeness (QED) is 0.212. The van der Waals surface area contributed by atoms with Crippen molar-refractivity contribution >= 4 is 39.9 Å². The maximum absolute atomic E-state index is 13.7. The highest BCUT2D eigenvalue weighted by molar-refractivity contribution is 7.09. The number of imidazole rings is 1. The number of nitrogens with one attached hydrogen (secondary N) is 1. The van der Waals surface area contributed by atoms with Crippen molar-refractivity contribution in [1.82, 2.24) is 19.8 Å². The Balaban J connectivity index is 1.33. The second-order valence-electron chi connectivity index (χ2n) is 11.8. The molecule has 43 heavy (non-hydrogen) atoms. The van der Waals surface area contributed by atoms with E-state index in [1.807, 2.05) is 35.2 Å². The summed E-state index contributed by atoms with van der Waals surface area (Å²) in [5.74, 6) is 1.17. The predicted octanol–water partition coefficient (Wildman–Crippen LogP) is 6.25. The predicted molar refractivity (Wildman–Crippen MR) is 174 cm³/mol. The fourth-order valence-electron chi connectivity index (χ4n) is 6.10. The van der Waals surface area contributed by atoms with Gasteiger partial charge >= 0.3 is 0 Å². The van der Waals surface area contributed by atoms with Gasteiger partial charge in [0.25, 0.3) is 5.91 Å². The van der Waals surface area contributed by atoms with E-state index in [2.05, 4.69) is 60.0 Å². The number of phenolic OH excluding ortho intramolecular Hbond substituents is 1. The standard InChI is InChI=1S/C34H43N5O3S/c1-5-25(6-2)39-29-14-13-24(21-27(29)35-32(39)22-26-10-9-19-43-26)33(41)36-28(20-23(3)4)34(42)38-17-15-37(16-18-38)30-11-7-8-12-31(30)40/h7-14,19,21,23,25,28,40H,5-6,15-18,20,22H2,1-4H3,(H,36,41)/t28-/m0/s1. The Hall–Kier alpha value is -3.85. The molecule has 2 N–H and O–H groups in total. The summed E-state index contributed by atoms with van der Waals surface area (Å²) in [6.45, 7) is 10.8. The van der Waals surface area contributed by atoms with E-state index in [0.29, 0.717) is 44.2 Å². The van der Waals surface area contributed by atoms with E-state index in [4.69, 9.17) is 4.98 Å². The molecule has 0 spiro atoms. The van der Waals surface area contributed by atoms with Gasteiger partial charge in [-0.25, -0.2) is 4.98 Å². The third-order valence-corrected chi connectivity index (χ3v) is 9.25. The van der Waals surface area contributed by atoms with Crippen LogP contribution in [0.25, 0.3) is 11.0 Å². The van der Waals surface area contributed by atoms with E-state index in [1.54, 1.807) is 23.5 Å². The number of thiophene rings is 1. The number of hydrogen-bond acceptors (Lipinski definition) is 6. The minimum atomic E-state index is -0.614. The fourth-order valence-corrected chi connectivity index (χ4v) is 6.80. The van der Waals surface area contributed by atoms with Gasteiger partial charge in [-0.05, 0) is 67.0 Å². The molecule has 0 bridgehead atoms. The summed E-state index contributed by atoms with van der Waals surface area (Å²) < 4.78 is 2.34. The molecule has 0 unspecified atom stereocenters. The van der Waals surface area contributed by atoms with Gasteiger partial charge in [-0.2, -0.15) is 0 Å². The van der Waals surface area contributed by atoms with E-state index in [1.165, 1.54) is 4.88 Å². The van der Waals surface area contributed by atoms with Gasteiger partial charge in [-0.15, -0.1) is 11.3 Å². The number of aromatic hydroxyl groups is 1. The molecule has 0 radical (unpaired) electrons. The molecule has 8 nitrogen and oxygen atoms in total. The van der Waals surface area contributed by atoms with E-state index in [-0.39, 0.29) is 23.5 Å². The van der Waals surface area contributed by atoms with Gasteiger partial charge in [0.2, 0.25) is 5.91 Å². The Morgan fingerprint density at radius 1 is 1.00 bits per heavy atom. The van der Waals surface area contributed by atoms with Gasteiger partial charge in [0, 0.05) is 49.1 Å². The van der Waals surface area contributed by atoms with E-state index >= 15 is 0 Å². The molecule has 0 aliphatic carbocycles. The van der Waals surface area contributed by atoms with E-state index in [9.17, 15) is 14.7 Å². The van der Waals surface area contributed by atoms with Crippen molar-refractivity contribution in [2.75, 3.05) is 31.1 Å². The Morgan fingerprint density at radius 2 is 1.74 bits per heavy atom. The van der Waals surface area contributed by atoms with Crippen LogP contribution in [0.3, 0.4) is 0 Å². The zero-order valence-electron chi connectivity index (χ0n) is 25.6. The minimum Gasteiger partial charge on any atom is -0.506 e. The Kier molecular flexibility index (Phi) is 9.70. The first kappa shape index (κ1) is 30.6. The molecule has 1 aliphatic heterocycles. The molecular formula is C34H43N5O3S. The van der Waals surface area contributed by atoms with Crippen molar-refractivity contribution in [2.24, 2.45) is 5.92 Å². The summed E-state index contributed by atoms with van der Waals surface area (Å²) >= 11 is 1.73. The number of rotatable bonds is 11. The molecule has 1 aliphatic rings. The van der Waals surface area contributed by atoms with Crippen molar-refractivity contribution < 1.29 is 14.7 Å². The monoisotopic (exact) mass is 601 g/mol. The highest BCUT2D eigenvalue weighted by Gasteiger charge is 2.30. The number of phenols is 1. The number of para-hydroxylation sites is 2. The SMILES string of the molecule is CCC(CC)n1c(Cc2cccs2)nc2cc(C(=O)N[C@@H](CC(C)C)C(=O)N3CCN(c4ccccc4O)CC3)ccc21. The summed E-state index contributed by atoms with van der Waals surface area (Å²) in [5, 5.41) is 15.4. The van der Waals surface area contributed by atoms with Crippen LogP contribution in [-0.4, -0.2) is 63.6 Å². The van der Waals surface area contributed by atoms with Gasteiger partial charge in [-0.1, -0.05) is 45.9 Å². The van der Waals surface area contributed by atoms with Crippen LogP contribution in [0.2, 0.25) is 0 Å². The molecule has 4 aromatic rings. The lowest BCUT2D eigenvalue weighted by molar-refractivity contribution is -0.134. The molecule has 9 heteroatoms. The van der Waals surface area contributed by atoms with Gasteiger partial charge in [0.15, 0.2) is 0 Å². The van der Waals surface area contributed by atoms with E-state index < -0.39 is 6.04 Å². The first-order valence-corrected chi connectivity index (χ1v) is 16.3. The first-order chi connectivity index (χ1) is 20.8. The van der Waals surface area contributed by atoms with Gasteiger partial charge in [0.1, 0.15) is 17.6 Å². The Labute approximate surface area is 258 Å². The van der Waals surface area contributed by atoms with Crippen LogP contribution in [-0.2, 0) is 11.2 Å². The second kappa shape index (κ2) is 13.6. The summed E-state index contributed by atoms with van der Waals surface area (Å²) in [7, 11) is 0. The molecule has 1 fully saturated rings. The van der Waals surface area contributed by atoms with Crippen LogP contribution >= 0.6 is 11.3 Å². The summed E-state index contributed by atoms with van der Waals surface area (Å²) in [6, 6.07) is 16.9. The molecule has 2 aromatic heterocycles. The summed E-state index contributed by atoms with van der Waals surface area (Å²) in [6.07, 6.45) is 3.32. The molecule has 1 saturated heterocycles. The molecule has 228 valence electrons. The lowest BCUT2D eigenvalue weighted by Crippen LogP contribution is -2.55. The van der Waals surface area contributed by atoms with Crippen LogP contribution < -0.4 is 10.2 Å². The van der Waals surface area contributed by atoms with Crippen molar-refractivity contribution in [3.05, 3.63) is 76.2 Å². The third-order valence-electron chi connectivity index (χ3n) is 8.37. The lowest BCUT2D eigenvalue weighted by Gasteiger charge is -2.38. The van der Waals surface area contributed by atoms with Crippen molar-refractivity contribution in [1.29, 1.82) is 0 Å². The largest absolute Gasteiger partial charge is 0.506 e. The number of nitrogens with zero attached hydrogens (tertiary/aromatic N) is 4. The normalized spacial score (nSPS) is 14.6. The zero-order valence-corrected chi connectivity index (χ0v) is 26.4. The molecule has 5 rings (SSSR count). The van der Waals surface area contributed by atoms with Crippen molar-refractivity contribution in [3.8, 4) is 5.75 Å². The summed E-state index contributed by atoms with van der Waals surface area (Å²) in [5.41, 5.74) is 3.13. The number of fused-ring (bicyclic) bond motifs is 1. The Bertz CT molecular complexity index is 1530. The topological polar surface area (TPSA) is 90.7 Å². The van der Waals surface area contributed by atoms with Crippen LogP contribution in [0.15, 0.2) is 60.0 Å². The number of anilines is 1. The molecular weight excluding hydrogens is 558 g/mol. The van der Waals surface area contributed by atoms with Gasteiger partial charge < -0.3 is 24.8 Å². The number of amides is 2. The molecule has 0 saturated carbocycles. The first-order valence-electron chi connectivity index (χ1n) is 15.4. The minimum absolute atomic E-state index is 0.0590. The number of carbonyl (C=O) groups is 2. The van der Waals surface area contributed by atoms with Crippen LogP contribution in [0.4, 0.5) is 5.69 Å². The maximum Gasteiger partial charge on any atom is 0.252 e. The van der Waals surface area contributed by atoms with E-state index in [0.717, 1.165) is 41.8 Å². The molecule has 2 aromatic carbocycles. The van der Waals surface area contributed by atoms with Crippen LogP contribution in [0.5, 0.6) is 5.75 Å². The average Bonchev–Trinajstić information content (AvgIpc) is 3.65. The molecule has 1 atom stereocenters. The smallest absolute Gasteiger partial charge is 0.252 e. The number of hydrogen-bond donors (Lipinski definition) is 2. The number of piperazine rings is 1. The second-order valence-corrected chi connectivity index (χ2v) is 12.8. The highest BCUT2D eigenvalue weighted by Crippen LogP contribution is 2.29. The van der Waals surface area contributed by atoms with Crippen LogP contribution in [0.1, 0.15) is 74.1 Å². The zero-order chi connectivity index (χ0) is 30.5. The maximum atomic E-state index is 13.7. The highest BCUT2D eigenvalue weighted by atomic mass is 32.1. The average molecular weight is 602 g/mol. The number of benzene rings is 2. The summed E-state index contributed by atoms with van der Waals surface area (Å²) in [4.78, 5) is 37.5. The lowest BCUT2D eigenvalue weighted by atomic mass is 10.0. The fraction of sp³-hybridized carbons (Fsp3) is 0.441. The van der Waals surface area contributed by atoms with Crippen molar-refractivity contribution in [2.45, 2.75) is 65.5 Å². The van der Waals surface area contributed by atoms with Gasteiger partial charge in [0.05, 0.1) is 16.7 Å². The van der Waals surface area contributed by atoms with Gasteiger partial charge in [-0.3, -0.25) is 9.59 Å². The number of aromatic nitrogens is 2. The number of carbonyl (C=O) groups excluding carboxylic acids is 2. The third kappa shape index (κ3) is 6.88.